The van der Waals surface area contributed by atoms with Crippen molar-refractivity contribution in [2.75, 3.05) is 29.4 Å². The molecule has 1 aromatic heterocycles. The summed E-state index contributed by atoms with van der Waals surface area (Å²) in [5.41, 5.74) is 2.36. The van der Waals surface area contributed by atoms with Crippen LogP contribution in [0.5, 0.6) is 0 Å². The summed E-state index contributed by atoms with van der Waals surface area (Å²) in [6, 6.07) is 3.76. The van der Waals surface area contributed by atoms with Crippen molar-refractivity contribution in [2.45, 2.75) is 75.6 Å². The number of carbonyl (C=O) groups excluding carboxylic acids is 1. The lowest BCUT2D eigenvalue weighted by molar-refractivity contribution is 0.0833. The molecule has 0 spiro atoms. The van der Waals surface area contributed by atoms with Crippen LogP contribution in [-0.2, 0) is 23.6 Å². The van der Waals surface area contributed by atoms with E-state index < -0.39 is 15.6 Å². The Bertz CT molecular complexity index is 1420. The number of aliphatic imine (C=N–C) groups is 1. The minimum Gasteiger partial charge on any atom is -0.367 e. The van der Waals surface area contributed by atoms with Gasteiger partial charge in [-0.1, -0.05) is 0 Å². The molecule has 1 aromatic carbocycles. The predicted octanol–water partition coefficient (Wildman–Crippen LogP) is 1.66. The number of anilines is 2. The first-order valence-electron chi connectivity index (χ1n) is 13.3. The van der Waals surface area contributed by atoms with Crippen molar-refractivity contribution in [2.24, 2.45) is 12.0 Å². The monoisotopic (exact) mass is 540 g/mol. The molecule has 2 fully saturated rings. The number of sulfonamides is 1. The molecule has 2 N–H and O–H groups in total. The third-order valence-electron chi connectivity index (χ3n) is 7.86. The van der Waals surface area contributed by atoms with E-state index in [9.17, 15) is 13.2 Å². The maximum absolute atomic E-state index is 14.2. The van der Waals surface area contributed by atoms with Crippen LogP contribution in [0.1, 0.15) is 56.5 Å². The molecular weight excluding hydrogens is 504 g/mol. The molecule has 0 unspecified atom stereocenters. The molecule has 11 nitrogen and oxygen atoms in total. The molecule has 0 bridgehead atoms. The second-order valence-electron chi connectivity index (χ2n) is 11.7. The molecule has 0 radical (unpaired) electrons. The van der Waals surface area contributed by atoms with Gasteiger partial charge in [0, 0.05) is 49.5 Å². The van der Waals surface area contributed by atoms with Gasteiger partial charge < -0.3 is 15.1 Å². The number of guanidine groups is 1. The standard InChI is InChI=1S/C26H36N8O3S/c1-16-12-32(13-17(2)29-16)22-9-20(38(36,37)30-26(4)6-7-26)8-21-23(22)34-18(3)10-27-25(34)33(24(21)35)15-19-11-28-31(5)14-19/h8-9,11,14,16-18,29-30H,6-7,10,12-13,15H2,1-5H3/t16-,17-,18-/m1/s1. The number of hydrogen-bond acceptors (Lipinski definition) is 8. The van der Waals surface area contributed by atoms with Crippen molar-refractivity contribution in [1.29, 1.82) is 0 Å². The van der Waals surface area contributed by atoms with E-state index in [1.165, 1.54) is 0 Å². The maximum Gasteiger partial charge on any atom is 0.263 e. The van der Waals surface area contributed by atoms with Crippen LogP contribution >= 0.6 is 0 Å². The summed E-state index contributed by atoms with van der Waals surface area (Å²) in [4.78, 5) is 25.1. The zero-order chi connectivity index (χ0) is 27.0. The van der Waals surface area contributed by atoms with Gasteiger partial charge in [-0.15, -0.1) is 0 Å². The van der Waals surface area contributed by atoms with Gasteiger partial charge in [-0.2, -0.15) is 5.10 Å². The molecule has 4 heterocycles. The molecule has 1 amide bonds. The van der Waals surface area contributed by atoms with Gasteiger partial charge >= 0.3 is 0 Å². The fraction of sp³-hybridized carbons (Fsp3) is 0.577. The molecular formula is C26H36N8O3S. The van der Waals surface area contributed by atoms with Crippen molar-refractivity contribution < 1.29 is 13.2 Å². The number of rotatable bonds is 6. The minimum atomic E-state index is -3.83. The topological polar surface area (TPSA) is 115 Å². The number of nitrogens with one attached hydrogen (secondary N) is 2. The van der Waals surface area contributed by atoms with Crippen molar-refractivity contribution in [3.05, 3.63) is 35.7 Å². The van der Waals surface area contributed by atoms with E-state index in [0.717, 1.165) is 29.8 Å². The maximum atomic E-state index is 14.2. The number of aryl methyl sites for hydroxylation is 1. The normalized spacial score (nSPS) is 26.3. The fourth-order valence-electron chi connectivity index (χ4n) is 5.82. The lowest BCUT2D eigenvalue weighted by Gasteiger charge is -2.43. The number of amides is 1. The van der Waals surface area contributed by atoms with Crippen molar-refractivity contribution in [1.82, 2.24) is 24.7 Å². The number of carbonyl (C=O) groups is 1. The average molecular weight is 541 g/mol. The summed E-state index contributed by atoms with van der Waals surface area (Å²) < 4.78 is 31.8. The number of piperazine rings is 1. The van der Waals surface area contributed by atoms with Gasteiger partial charge in [-0.05, 0) is 52.7 Å². The number of hydrogen-bond donors (Lipinski definition) is 2. The first-order chi connectivity index (χ1) is 17.9. The fourth-order valence-corrected chi connectivity index (χ4v) is 7.33. The van der Waals surface area contributed by atoms with Gasteiger partial charge in [0.15, 0.2) is 0 Å². The van der Waals surface area contributed by atoms with E-state index in [0.29, 0.717) is 37.7 Å². The molecule has 4 aliphatic rings. The number of aromatic nitrogens is 2. The zero-order valence-corrected chi connectivity index (χ0v) is 23.4. The molecule has 1 saturated heterocycles. The molecule has 3 aliphatic heterocycles. The van der Waals surface area contributed by atoms with E-state index in [2.05, 4.69) is 45.7 Å². The Morgan fingerprint density at radius 2 is 1.87 bits per heavy atom. The first kappa shape index (κ1) is 25.3. The van der Waals surface area contributed by atoms with Gasteiger partial charge in [0.1, 0.15) is 0 Å². The van der Waals surface area contributed by atoms with E-state index >= 15 is 0 Å². The third kappa shape index (κ3) is 4.38. The zero-order valence-electron chi connectivity index (χ0n) is 22.6. The van der Waals surface area contributed by atoms with Gasteiger partial charge in [0.25, 0.3) is 5.91 Å². The highest BCUT2D eigenvalue weighted by Gasteiger charge is 2.45. The number of fused-ring (bicyclic) bond motifs is 3. The summed E-state index contributed by atoms with van der Waals surface area (Å²) in [5.74, 6) is 0.357. The van der Waals surface area contributed by atoms with Gasteiger partial charge in [-0.25, -0.2) is 13.1 Å². The predicted molar refractivity (Wildman–Crippen MR) is 146 cm³/mol. The van der Waals surface area contributed by atoms with Crippen LogP contribution < -0.4 is 19.8 Å². The number of benzene rings is 1. The highest BCUT2D eigenvalue weighted by molar-refractivity contribution is 7.89. The molecule has 204 valence electrons. The lowest BCUT2D eigenvalue weighted by atomic mass is 10.0. The second-order valence-corrected chi connectivity index (χ2v) is 13.3. The summed E-state index contributed by atoms with van der Waals surface area (Å²) >= 11 is 0. The van der Waals surface area contributed by atoms with Crippen molar-refractivity contribution in [3.63, 3.8) is 0 Å². The van der Waals surface area contributed by atoms with Crippen molar-refractivity contribution >= 4 is 33.3 Å². The Morgan fingerprint density at radius 1 is 1.16 bits per heavy atom. The van der Waals surface area contributed by atoms with E-state index in [4.69, 9.17) is 4.99 Å². The van der Waals surface area contributed by atoms with E-state index in [1.54, 1.807) is 27.9 Å². The Kier molecular flexibility index (Phi) is 5.85. The number of nitrogens with zero attached hydrogens (tertiary/aromatic N) is 6. The second kappa shape index (κ2) is 8.78. The molecule has 6 rings (SSSR count). The summed E-state index contributed by atoms with van der Waals surface area (Å²) in [6.45, 7) is 10.5. The van der Waals surface area contributed by atoms with Crippen LogP contribution in [0.25, 0.3) is 0 Å². The first-order valence-corrected chi connectivity index (χ1v) is 14.8. The van der Waals surface area contributed by atoms with Crippen LogP contribution in [-0.4, -0.2) is 78.3 Å². The van der Waals surface area contributed by atoms with Gasteiger partial charge in [0.2, 0.25) is 16.0 Å². The highest BCUT2D eigenvalue weighted by atomic mass is 32.2. The smallest absolute Gasteiger partial charge is 0.263 e. The Balaban J connectivity index is 1.51. The quantitative estimate of drug-likeness (QED) is 0.573. The molecule has 38 heavy (non-hydrogen) atoms. The van der Waals surface area contributed by atoms with Crippen LogP contribution in [0.4, 0.5) is 11.4 Å². The Hall–Kier alpha value is -2.96. The molecule has 1 saturated carbocycles. The van der Waals surface area contributed by atoms with E-state index in [1.807, 2.05) is 20.2 Å². The largest absolute Gasteiger partial charge is 0.367 e. The Morgan fingerprint density at radius 3 is 2.50 bits per heavy atom. The highest BCUT2D eigenvalue weighted by Crippen LogP contribution is 2.44. The van der Waals surface area contributed by atoms with Crippen LogP contribution in [0.15, 0.2) is 34.4 Å². The average Bonchev–Trinajstić information content (AvgIpc) is 3.21. The summed E-state index contributed by atoms with van der Waals surface area (Å²) in [6.07, 6.45) is 5.23. The van der Waals surface area contributed by atoms with Crippen molar-refractivity contribution in [3.8, 4) is 0 Å². The SMILES string of the molecule is C[C@@H]1CN(c2cc(S(=O)(=O)NC3(C)CC3)cc3c2N2C(=NC[C@H]2C)N(Cc2cnn(C)c2)C3=O)C[C@@H](C)N1. The summed E-state index contributed by atoms with van der Waals surface area (Å²) in [5, 5.41) is 7.80. The Labute approximate surface area is 223 Å². The van der Waals surface area contributed by atoms with E-state index in [-0.39, 0.29) is 28.9 Å². The third-order valence-corrected chi connectivity index (χ3v) is 9.48. The molecule has 12 heteroatoms. The van der Waals surface area contributed by atoms with Crippen LogP contribution in [0, 0.1) is 0 Å². The summed E-state index contributed by atoms with van der Waals surface area (Å²) in [7, 11) is -2.00. The minimum absolute atomic E-state index is 0.0238. The lowest BCUT2D eigenvalue weighted by Crippen LogP contribution is -2.56. The van der Waals surface area contributed by atoms with Gasteiger partial charge in [0.05, 0.1) is 47.2 Å². The molecule has 3 atom stereocenters. The molecule has 2 aromatic rings. The van der Waals surface area contributed by atoms with Crippen LogP contribution in [0.2, 0.25) is 0 Å². The van der Waals surface area contributed by atoms with Gasteiger partial charge in [-0.3, -0.25) is 19.4 Å². The molecule has 1 aliphatic carbocycles. The van der Waals surface area contributed by atoms with Crippen LogP contribution in [0.3, 0.4) is 0 Å².